The minimum Gasteiger partial charge on any atom is -0.481 e. The van der Waals surface area contributed by atoms with Crippen LogP contribution in [-0.2, 0) is 14.8 Å². The Balaban J connectivity index is 2.85. The third-order valence-corrected chi connectivity index (χ3v) is 3.70. The van der Waals surface area contributed by atoms with E-state index in [1.54, 1.807) is 19.9 Å². The number of amides is 1. The highest BCUT2D eigenvalue weighted by Gasteiger charge is 2.21. The lowest BCUT2D eigenvalue weighted by Gasteiger charge is -2.23. The molecule has 0 aliphatic heterocycles. The van der Waals surface area contributed by atoms with Crippen LogP contribution in [0.15, 0.2) is 23.1 Å². The number of carbonyl (C=O) groups excluding carboxylic acids is 1. The summed E-state index contributed by atoms with van der Waals surface area (Å²) in [5, 5.41) is 7.90. The summed E-state index contributed by atoms with van der Waals surface area (Å²) in [5.74, 6) is 0.173. The van der Waals surface area contributed by atoms with Gasteiger partial charge in [0, 0.05) is 5.54 Å². The van der Waals surface area contributed by atoms with E-state index in [1.807, 2.05) is 20.8 Å². The van der Waals surface area contributed by atoms with Gasteiger partial charge >= 0.3 is 0 Å². The topological polar surface area (TPSA) is 98.5 Å². The molecule has 0 bridgehead atoms. The highest BCUT2D eigenvalue weighted by Crippen LogP contribution is 2.21. The molecular weight excluding hydrogens is 292 g/mol. The summed E-state index contributed by atoms with van der Waals surface area (Å²) >= 11 is 0. The second-order valence-corrected chi connectivity index (χ2v) is 7.50. The third-order valence-electron chi connectivity index (χ3n) is 2.63. The summed E-state index contributed by atoms with van der Waals surface area (Å²) in [4.78, 5) is 12.0. The molecule has 0 saturated heterocycles. The van der Waals surface area contributed by atoms with Gasteiger partial charge in [-0.1, -0.05) is 0 Å². The fourth-order valence-electron chi connectivity index (χ4n) is 1.74. The zero-order chi connectivity index (χ0) is 16.4. The van der Waals surface area contributed by atoms with Gasteiger partial charge in [-0.2, -0.15) is 0 Å². The molecule has 1 aromatic rings. The Hall–Kier alpha value is -1.60. The Morgan fingerprint density at radius 3 is 2.33 bits per heavy atom. The minimum atomic E-state index is -3.75. The number of ether oxygens (including phenoxy) is 1. The zero-order valence-corrected chi connectivity index (χ0v) is 13.7. The molecule has 3 N–H and O–H groups in total. The van der Waals surface area contributed by atoms with Crippen LogP contribution < -0.4 is 15.2 Å². The second-order valence-electron chi connectivity index (χ2n) is 5.97. The van der Waals surface area contributed by atoms with Crippen LogP contribution in [0.25, 0.3) is 0 Å². The van der Waals surface area contributed by atoms with Gasteiger partial charge in [-0.3, -0.25) is 4.79 Å². The Kier molecular flexibility index (Phi) is 5.01. The van der Waals surface area contributed by atoms with Gasteiger partial charge in [0.1, 0.15) is 5.75 Å². The lowest BCUT2D eigenvalue weighted by molar-refractivity contribution is -0.128. The molecule has 0 heterocycles. The minimum absolute atomic E-state index is 0.0432. The summed E-state index contributed by atoms with van der Waals surface area (Å²) < 4.78 is 28.2. The van der Waals surface area contributed by atoms with Gasteiger partial charge in [0.2, 0.25) is 10.0 Å². The van der Waals surface area contributed by atoms with E-state index in [2.05, 4.69) is 5.32 Å². The first kappa shape index (κ1) is 17.5. The summed E-state index contributed by atoms with van der Waals surface area (Å²) in [6.07, 6.45) is -0.691. The van der Waals surface area contributed by atoms with E-state index in [-0.39, 0.29) is 16.3 Å². The Morgan fingerprint density at radius 1 is 1.33 bits per heavy atom. The Labute approximate surface area is 125 Å². The van der Waals surface area contributed by atoms with E-state index in [9.17, 15) is 13.2 Å². The van der Waals surface area contributed by atoms with E-state index >= 15 is 0 Å². The smallest absolute Gasteiger partial charge is 0.261 e. The van der Waals surface area contributed by atoms with Crippen LogP contribution >= 0.6 is 0 Å². The molecule has 6 nitrogen and oxygen atoms in total. The van der Waals surface area contributed by atoms with Crippen LogP contribution in [0.5, 0.6) is 5.75 Å². The number of benzene rings is 1. The van der Waals surface area contributed by atoms with Gasteiger partial charge in [0.25, 0.3) is 5.91 Å². The zero-order valence-electron chi connectivity index (χ0n) is 12.9. The van der Waals surface area contributed by atoms with Crippen molar-refractivity contribution < 1.29 is 17.9 Å². The number of nitrogens with two attached hydrogens (primary N) is 1. The molecule has 0 spiro atoms. The van der Waals surface area contributed by atoms with Crippen molar-refractivity contribution in [2.24, 2.45) is 5.14 Å². The number of nitrogens with one attached hydrogen (secondary N) is 1. The normalized spacial score (nSPS) is 13.6. The molecule has 1 amide bonds. The monoisotopic (exact) mass is 314 g/mol. The average molecular weight is 314 g/mol. The molecular formula is C14H22N2O4S. The number of hydrogen-bond donors (Lipinski definition) is 2. The van der Waals surface area contributed by atoms with Crippen LogP contribution in [-0.4, -0.2) is 26.0 Å². The van der Waals surface area contributed by atoms with Crippen molar-refractivity contribution in [1.82, 2.24) is 5.32 Å². The molecule has 0 fully saturated rings. The Bertz CT molecular complexity index is 633. The van der Waals surface area contributed by atoms with Crippen molar-refractivity contribution in [2.75, 3.05) is 0 Å². The van der Waals surface area contributed by atoms with Gasteiger partial charge < -0.3 is 10.1 Å². The maximum atomic E-state index is 11.9. The summed E-state index contributed by atoms with van der Waals surface area (Å²) in [7, 11) is -3.75. The van der Waals surface area contributed by atoms with Crippen LogP contribution in [0.3, 0.4) is 0 Å². The summed E-state index contributed by atoms with van der Waals surface area (Å²) in [6.45, 7) is 8.88. The molecule has 7 heteroatoms. The molecule has 0 aliphatic carbocycles. The number of primary sulfonamides is 1. The number of hydrogen-bond acceptors (Lipinski definition) is 4. The van der Waals surface area contributed by atoms with Gasteiger partial charge in [-0.15, -0.1) is 0 Å². The maximum Gasteiger partial charge on any atom is 0.261 e. The summed E-state index contributed by atoms with van der Waals surface area (Å²) in [5.41, 5.74) is 0.126. The van der Waals surface area contributed by atoms with Crippen LogP contribution in [0.1, 0.15) is 33.3 Å². The van der Waals surface area contributed by atoms with Crippen molar-refractivity contribution in [3.63, 3.8) is 0 Å². The number of aryl methyl sites for hydroxylation is 1. The van der Waals surface area contributed by atoms with Gasteiger partial charge in [-0.05, 0) is 58.4 Å². The molecule has 0 radical (unpaired) electrons. The van der Waals surface area contributed by atoms with Crippen LogP contribution in [0.2, 0.25) is 0 Å². The quantitative estimate of drug-likeness (QED) is 0.875. The lowest BCUT2D eigenvalue weighted by atomic mass is 10.1. The van der Waals surface area contributed by atoms with Crippen molar-refractivity contribution in [3.05, 3.63) is 23.8 Å². The first-order chi connectivity index (χ1) is 9.40. The molecule has 1 aromatic carbocycles. The van der Waals surface area contributed by atoms with E-state index in [0.717, 1.165) is 0 Å². The standard InChI is InChI=1S/C14H22N2O4S/c1-9-8-11(6-7-12(9)21(15,18)19)20-10(2)13(17)16-14(3,4)5/h6-8,10H,1-5H3,(H,16,17)(H2,15,18,19). The fraction of sp³-hybridized carbons (Fsp3) is 0.500. The molecule has 0 aliphatic rings. The largest absolute Gasteiger partial charge is 0.481 e. The summed E-state index contributed by atoms with van der Waals surface area (Å²) in [6, 6.07) is 4.39. The third kappa shape index (κ3) is 5.35. The van der Waals surface area contributed by atoms with E-state index < -0.39 is 16.1 Å². The highest BCUT2D eigenvalue weighted by atomic mass is 32.2. The molecule has 0 aromatic heterocycles. The second kappa shape index (κ2) is 6.03. The number of carbonyl (C=O) groups is 1. The van der Waals surface area contributed by atoms with Gasteiger partial charge in [-0.25, -0.2) is 13.6 Å². The first-order valence-corrected chi connectivity index (χ1v) is 8.07. The van der Waals surface area contributed by atoms with Crippen molar-refractivity contribution in [3.8, 4) is 5.75 Å². The van der Waals surface area contributed by atoms with E-state index in [1.165, 1.54) is 12.1 Å². The molecule has 1 rings (SSSR count). The van der Waals surface area contributed by atoms with Crippen molar-refractivity contribution in [2.45, 2.75) is 51.2 Å². The lowest BCUT2D eigenvalue weighted by Crippen LogP contribution is -2.46. The number of rotatable bonds is 4. The SMILES string of the molecule is Cc1cc(OC(C)C(=O)NC(C)(C)C)ccc1S(N)(=O)=O. The predicted octanol–water partition coefficient (Wildman–Crippen LogP) is 1.32. The molecule has 1 unspecified atom stereocenters. The molecule has 0 saturated carbocycles. The number of sulfonamides is 1. The van der Waals surface area contributed by atoms with Gasteiger partial charge in [0.15, 0.2) is 6.10 Å². The van der Waals surface area contributed by atoms with Gasteiger partial charge in [0.05, 0.1) is 4.90 Å². The maximum absolute atomic E-state index is 11.9. The molecule has 1 atom stereocenters. The Morgan fingerprint density at radius 2 is 1.90 bits per heavy atom. The average Bonchev–Trinajstić information content (AvgIpc) is 2.24. The molecule has 21 heavy (non-hydrogen) atoms. The van der Waals surface area contributed by atoms with Crippen LogP contribution in [0.4, 0.5) is 0 Å². The predicted molar refractivity (Wildman–Crippen MR) is 80.5 cm³/mol. The fourth-order valence-corrected chi connectivity index (χ4v) is 2.51. The first-order valence-electron chi connectivity index (χ1n) is 6.52. The van der Waals surface area contributed by atoms with E-state index in [4.69, 9.17) is 9.88 Å². The highest BCUT2D eigenvalue weighted by molar-refractivity contribution is 7.89. The van der Waals surface area contributed by atoms with E-state index in [0.29, 0.717) is 11.3 Å². The molecule has 118 valence electrons. The van der Waals surface area contributed by atoms with Crippen molar-refractivity contribution >= 4 is 15.9 Å². The van der Waals surface area contributed by atoms with Crippen LogP contribution in [0, 0.1) is 6.92 Å². The van der Waals surface area contributed by atoms with Crippen molar-refractivity contribution in [1.29, 1.82) is 0 Å².